The Labute approximate surface area is 130 Å². The smallest absolute Gasteiger partial charge is 0.433 e. The third kappa shape index (κ3) is 3.08. The number of ether oxygens (including phenoxy) is 1. The number of benzene rings is 1. The molecule has 0 aliphatic heterocycles. The van der Waals surface area contributed by atoms with Gasteiger partial charge in [0, 0.05) is 10.0 Å². The first-order valence-corrected chi connectivity index (χ1v) is 7.02. The number of rotatable bonds is 5. The molecule has 21 heavy (non-hydrogen) atoms. The molecule has 1 N–H and O–H groups in total. The molecule has 0 aliphatic rings. The lowest BCUT2D eigenvalue weighted by molar-refractivity contribution is -0.402. The van der Waals surface area contributed by atoms with Crippen molar-refractivity contribution in [1.82, 2.24) is 5.32 Å². The predicted molar refractivity (Wildman–Crippen MR) is 81.7 cm³/mol. The number of halogens is 1. The second-order valence-corrected chi connectivity index (χ2v) is 5.35. The van der Waals surface area contributed by atoms with Crippen LogP contribution in [0.15, 0.2) is 33.2 Å². The van der Waals surface area contributed by atoms with Crippen LogP contribution in [-0.4, -0.2) is 19.1 Å². The molecular formula is C14H15BrN2O4. The van der Waals surface area contributed by atoms with E-state index in [9.17, 15) is 10.1 Å². The Kier molecular flexibility index (Phi) is 4.64. The second-order valence-electron chi connectivity index (χ2n) is 4.50. The van der Waals surface area contributed by atoms with Crippen molar-refractivity contribution in [2.45, 2.75) is 13.0 Å². The summed E-state index contributed by atoms with van der Waals surface area (Å²) < 4.78 is 11.6. The van der Waals surface area contributed by atoms with Crippen LogP contribution >= 0.6 is 15.9 Å². The molecule has 1 aromatic carbocycles. The predicted octanol–water partition coefficient (Wildman–Crippen LogP) is 3.58. The summed E-state index contributed by atoms with van der Waals surface area (Å²) in [7, 11) is 3.34. The number of nitrogens with one attached hydrogen (secondary N) is 1. The van der Waals surface area contributed by atoms with Gasteiger partial charge in [0.25, 0.3) is 0 Å². The van der Waals surface area contributed by atoms with E-state index in [1.165, 1.54) is 6.07 Å². The van der Waals surface area contributed by atoms with Gasteiger partial charge in [0.05, 0.1) is 19.2 Å². The molecule has 1 aromatic heterocycles. The molecule has 0 amide bonds. The highest BCUT2D eigenvalue weighted by Gasteiger charge is 2.23. The summed E-state index contributed by atoms with van der Waals surface area (Å²) in [6.07, 6.45) is 0. The molecule has 6 nitrogen and oxygen atoms in total. The van der Waals surface area contributed by atoms with Crippen molar-refractivity contribution < 1.29 is 14.1 Å². The van der Waals surface area contributed by atoms with Gasteiger partial charge in [-0.1, -0.05) is 15.9 Å². The van der Waals surface area contributed by atoms with Gasteiger partial charge in [0.1, 0.15) is 16.4 Å². The van der Waals surface area contributed by atoms with Crippen LogP contribution in [0, 0.1) is 17.0 Å². The van der Waals surface area contributed by atoms with E-state index in [0.29, 0.717) is 11.5 Å². The van der Waals surface area contributed by atoms with Crippen molar-refractivity contribution in [2.24, 2.45) is 0 Å². The van der Waals surface area contributed by atoms with Gasteiger partial charge >= 0.3 is 5.88 Å². The van der Waals surface area contributed by atoms with Gasteiger partial charge in [-0.3, -0.25) is 10.1 Å². The van der Waals surface area contributed by atoms with Crippen LogP contribution in [0.5, 0.6) is 5.75 Å². The summed E-state index contributed by atoms with van der Waals surface area (Å²) in [5.41, 5.74) is 1.87. The summed E-state index contributed by atoms with van der Waals surface area (Å²) >= 11 is 3.49. The first-order chi connectivity index (χ1) is 9.97. The first-order valence-electron chi connectivity index (χ1n) is 6.23. The maximum absolute atomic E-state index is 10.7. The summed E-state index contributed by atoms with van der Waals surface area (Å²) in [4.78, 5) is 10.2. The summed E-state index contributed by atoms with van der Waals surface area (Å²) in [5, 5.41) is 13.8. The lowest BCUT2D eigenvalue weighted by atomic mass is 10.0. The molecule has 2 aromatic rings. The van der Waals surface area contributed by atoms with Crippen LogP contribution in [0.2, 0.25) is 0 Å². The van der Waals surface area contributed by atoms with Gasteiger partial charge in [0.2, 0.25) is 0 Å². The number of hydrogen-bond donors (Lipinski definition) is 1. The van der Waals surface area contributed by atoms with Crippen molar-refractivity contribution >= 4 is 21.8 Å². The van der Waals surface area contributed by atoms with Crippen molar-refractivity contribution in [3.8, 4) is 5.75 Å². The summed E-state index contributed by atoms with van der Waals surface area (Å²) in [6.45, 7) is 1.96. The van der Waals surface area contributed by atoms with E-state index in [4.69, 9.17) is 9.15 Å². The Bertz CT molecular complexity index is 669. The Balaban J connectivity index is 2.49. The molecule has 0 radical (unpaired) electrons. The van der Waals surface area contributed by atoms with Crippen molar-refractivity contribution in [3.63, 3.8) is 0 Å². The minimum absolute atomic E-state index is 0.282. The zero-order valence-corrected chi connectivity index (χ0v) is 13.4. The molecule has 7 heteroatoms. The fraction of sp³-hybridized carbons (Fsp3) is 0.286. The van der Waals surface area contributed by atoms with E-state index in [1.54, 1.807) is 20.2 Å². The Morgan fingerprint density at radius 2 is 2.14 bits per heavy atom. The van der Waals surface area contributed by atoms with Crippen molar-refractivity contribution in [3.05, 3.63) is 55.7 Å². The fourth-order valence-corrected chi connectivity index (χ4v) is 2.48. The third-order valence-corrected chi connectivity index (χ3v) is 4.04. The quantitative estimate of drug-likeness (QED) is 0.655. The molecule has 0 fully saturated rings. The highest BCUT2D eigenvalue weighted by Crippen LogP contribution is 2.35. The van der Waals surface area contributed by atoms with Crippen LogP contribution in [-0.2, 0) is 0 Å². The van der Waals surface area contributed by atoms with E-state index in [0.717, 1.165) is 15.6 Å². The summed E-state index contributed by atoms with van der Waals surface area (Å²) in [6, 6.07) is 6.41. The topological polar surface area (TPSA) is 77.5 Å². The Morgan fingerprint density at radius 1 is 1.43 bits per heavy atom. The summed E-state index contributed by atoms with van der Waals surface area (Å²) in [5.74, 6) is 0.864. The lowest BCUT2D eigenvalue weighted by Gasteiger charge is -2.18. The van der Waals surface area contributed by atoms with Gasteiger partial charge in [-0.05, 0) is 37.7 Å². The average Bonchev–Trinajstić information content (AvgIpc) is 2.93. The monoisotopic (exact) mass is 354 g/mol. The molecule has 1 heterocycles. The Morgan fingerprint density at radius 3 is 2.67 bits per heavy atom. The van der Waals surface area contributed by atoms with E-state index >= 15 is 0 Å². The minimum Gasteiger partial charge on any atom is -0.496 e. The van der Waals surface area contributed by atoms with Gasteiger partial charge < -0.3 is 14.5 Å². The van der Waals surface area contributed by atoms with Crippen LogP contribution in [0.25, 0.3) is 0 Å². The normalized spacial score (nSPS) is 12.2. The van der Waals surface area contributed by atoms with Gasteiger partial charge in [-0.25, -0.2) is 0 Å². The third-order valence-electron chi connectivity index (χ3n) is 3.19. The maximum Gasteiger partial charge on any atom is 0.433 e. The van der Waals surface area contributed by atoms with E-state index in [-0.39, 0.29) is 11.9 Å². The second kappa shape index (κ2) is 6.28. The molecule has 1 unspecified atom stereocenters. The number of furan rings is 1. The van der Waals surface area contributed by atoms with Gasteiger partial charge in [-0.2, -0.15) is 0 Å². The van der Waals surface area contributed by atoms with Crippen LogP contribution in [0.4, 0.5) is 5.88 Å². The lowest BCUT2D eigenvalue weighted by Crippen LogP contribution is -2.18. The number of aryl methyl sites for hydroxylation is 1. The Hall–Kier alpha value is -1.86. The number of hydrogen-bond acceptors (Lipinski definition) is 5. The molecule has 0 aliphatic carbocycles. The maximum atomic E-state index is 10.7. The van der Waals surface area contributed by atoms with Crippen LogP contribution < -0.4 is 10.1 Å². The highest BCUT2D eigenvalue weighted by molar-refractivity contribution is 9.10. The minimum atomic E-state index is -0.557. The average molecular weight is 355 g/mol. The molecular weight excluding hydrogens is 340 g/mol. The molecule has 0 saturated carbocycles. The number of nitrogens with zero attached hydrogens (tertiary/aromatic N) is 1. The van der Waals surface area contributed by atoms with Gasteiger partial charge in [-0.15, -0.1) is 0 Å². The van der Waals surface area contributed by atoms with Crippen LogP contribution in [0.1, 0.15) is 22.9 Å². The number of nitro groups is 1. The molecule has 1 atom stereocenters. The van der Waals surface area contributed by atoms with Crippen molar-refractivity contribution in [2.75, 3.05) is 14.2 Å². The van der Waals surface area contributed by atoms with Crippen LogP contribution in [0.3, 0.4) is 0 Å². The van der Waals surface area contributed by atoms with Crippen molar-refractivity contribution in [1.29, 1.82) is 0 Å². The molecule has 0 spiro atoms. The standard InChI is InChI=1S/C14H15BrN2O4/c1-8-6-12(20-3)9(7-10(8)15)14(16-2)11-4-5-13(21-11)17(18)19/h4-7,14,16H,1-3H3. The SMILES string of the molecule is CNC(c1ccc([N+](=O)[O-])o1)c1cc(Br)c(C)cc1OC. The molecule has 2 rings (SSSR count). The van der Waals surface area contributed by atoms with E-state index in [2.05, 4.69) is 21.2 Å². The highest BCUT2D eigenvalue weighted by atomic mass is 79.9. The first kappa shape index (κ1) is 15.5. The largest absolute Gasteiger partial charge is 0.496 e. The molecule has 0 bridgehead atoms. The zero-order valence-electron chi connectivity index (χ0n) is 11.8. The zero-order chi connectivity index (χ0) is 15.6. The fourth-order valence-electron chi connectivity index (χ4n) is 2.12. The molecule has 112 valence electrons. The number of methoxy groups -OCH3 is 1. The van der Waals surface area contributed by atoms with E-state index in [1.807, 2.05) is 19.1 Å². The van der Waals surface area contributed by atoms with Gasteiger partial charge in [0.15, 0.2) is 0 Å². The molecule has 0 saturated heterocycles. The van der Waals surface area contributed by atoms with E-state index < -0.39 is 4.92 Å².